The van der Waals surface area contributed by atoms with E-state index in [0.717, 1.165) is 25.2 Å². The van der Waals surface area contributed by atoms with Crippen molar-refractivity contribution in [3.63, 3.8) is 0 Å². The van der Waals surface area contributed by atoms with Crippen LogP contribution in [0.15, 0.2) is 66.0 Å². The lowest BCUT2D eigenvalue weighted by Gasteiger charge is -2.21. The van der Waals surface area contributed by atoms with Gasteiger partial charge in [0, 0.05) is 37.7 Å². The minimum absolute atomic E-state index is 0.0485. The quantitative estimate of drug-likeness (QED) is 0.356. The molecule has 0 aliphatic heterocycles. The van der Waals surface area contributed by atoms with Crippen molar-refractivity contribution in [1.29, 1.82) is 0 Å². The molecular formula is C23H18F4N4O2S. The molecule has 2 aromatic heterocycles. The Morgan fingerprint density at radius 1 is 0.971 bits per heavy atom. The second-order valence-corrected chi connectivity index (χ2v) is 9.22. The highest BCUT2D eigenvalue weighted by Gasteiger charge is 2.30. The largest absolute Gasteiger partial charge is 0.272 e. The van der Waals surface area contributed by atoms with Crippen molar-refractivity contribution in [2.24, 2.45) is 0 Å². The van der Waals surface area contributed by atoms with Gasteiger partial charge in [-0.25, -0.2) is 26.0 Å². The Labute approximate surface area is 193 Å². The number of benzene rings is 2. The van der Waals surface area contributed by atoms with E-state index in [4.69, 9.17) is 0 Å². The predicted molar refractivity (Wildman–Crippen MR) is 118 cm³/mol. The third-order valence-corrected chi connectivity index (χ3v) is 7.04. The van der Waals surface area contributed by atoms with Crippen molar-refractivity contribution in [3.8, 4) is 22.4 Å². The number of aromatic nitrogens is 3. The maximum atomic E-state index is 15.7. The first-order valence-electron chi connectivity index (χ1n) is 10.0. The Morgan fingerprint density at radius 2 is 1.65 bits per heavy atom. The lowest BCUT2D eigenvalue weighted by atomic mass is 10.0. The van der Waals surface area contributed by atoms with E-state index in [1.807, 2.05) is 0 Å². The summed E-state index contributed by atoms with van der Waals surface area (Å²) < 4.78 is 86.3. The van der Waals surface area contributed by atoms with Crippen LogP contribution in [0.2, 0.25) is 0 Å². The summed E-state index contributed by atoms with van der Waals surface area (Å²) in [6.45, 7) is 2.21. The molecule has 176 valence electrons. The van der Waals surface area contributed by atoms with Gasteiger partial charge in [-0.1, -0.05) is 0 Å². The third kappa shape index (κ3) is 4.03. The lowest BCUT2D eigenvalue weighted by Crippen LogP contribution is -2.28. The average Bonchev–Trinajstić information content (AvgIpc) is 3.25. The molecule has 0 saturated heterocycles. The highest BCUT2D eigenvalue weighted by Crippen LogP contribution is 2.38. The van der Waals surface area contributed by atoms with Gasteiger partial charge in [0.05, 0.1) is 11.3 Å². The molecule has 0 N–H and O–H groups in total. The fourth-order valence-corrected chi connectivity index (χ4v) is 4.74. The first-order valence-corrected chi connectivity index (χ1v) is 11.5. The minimum Gasteiger partial charge on any atom is -0.272 e. The second kappa shape index (κ2) is 8.90. The van der Waals surface area contributed by atoms with Crippen LogP contribution in [0.25, 0.3) is 22.4 Å². The standard InChI is InChI=1S/C23H18F4N4O2S/c1-3-31-13-16(14-8-10-28-11-9-14)23(29-31)21-18(26)6-7-19(22(21)27)30(2)34(32,33)20-12-15(24)4-5-17(20)25/h4-13H,3H2,1-2H3. The maximum absolute atomic E-state index is 15.7. The number of hydrogen-bond acceptors (Lipinski definition) is 4. The number of nitrogens with zero attached hydrogens (tertiary/aromatic N) is 4. The van der Waals surface area contributed by atoms with Crippen LogP contribution in [0.4, 0.5) is 23.2 Å². The fraction of sp³-hybridized carbons (Fsp3) is 0.130. The first kappa shape index (κ1) is 23.4. The van der Waals surface area contributed by atoms with Crippen LogP contribution in [0, 0.1) is 23.3 Å². The Bertz CT molecular complexity index is 1470. The normalized spacial score (nSPS) is 11.6. The van der Waals surface area contributed by atoms with Crippen LogP contribution < -0.4 is 4.31 Å². The van der Waals surface area contributed by atoms with Gasteiger partial charge in [-0.15, -0.1) is 0 Å². The maximum Gasteiger partial charge on any atom is 0.267 e. The topological polar surface area (TPSA) is 68.1 Å². The van der Waals surface area contributed by atoms with Crippen molar-refractivity contribution in [2.75, 3.05) is 11.4 Å². The number of hydrogen-bond donors (Lipinski definition) is 0. The molecule has 0 atom stereocenters. The van der Waals surface area contributed by atoms with Crippen molar-refractivity contribution in [1.82, 2.24) is 14.8 Å². The zero-order valence-corrected chi connectivity index (χ0v) is 18.8. The van der Waals surface area contributed by atoms with Crippen LogP contribution in [-0.4, -0.2) is 30.2 Å². The van der Waals surface area contributed by atoms with Gasteiger partial charge in [0.2, 0.25) is 0 Å². The first-order chi connectivity index (χ1) is 16.1. The average molecular weight is 490 g/mol. The molecule has 4 aromatic rings. The summed E-state index contributed by atoms with van der Waals surface area (Å²) in [5.41, 5.74) is -0.171. The number of halogens is 4. The fourth-order valence-electron chi connectivity index (χ4n) is 3.46. The molecule has 34 heavy (non-hydrogen) atoms. The monoisotopic (exact) mass is 490 g/mol. The van der Waals surface area contributed by atoms with Gasteiger partial charge in [0.15, 0.2) is 5.82 Å². The Hall–Kier alpha value is -3.73. The van der Waals surface area contributed by atoms with Gasteiger partial charge in [0.1, 0.15) is 28.0 Å². The van der Waals surface area contributed by atoms with Gasteiger partial charge < -0.3 is 0 Å². The summed E-state index contributed by atoms with van der Waals surface area (Å²) in [7, 11) is -3.75. The Kier molecular flexibility index (Phi) is 6.13. The lowest BCUT2D eigenvalue weighted by molar-refractivity contribution is 0.550. The summed E-state index contributed by atoms with van der Waals surface area (Å²) in [6, 6.07) is 6.99. The minimum atomic E-state index is -4.72. The van der Waals surface area contributed by atoms with E-state index in [9.17, 15) is 21.6 Å². The van der Waals surface area contributed by atoms with E-state index >= 15 is 4.39 Å². The molecule has 11 heteroatoms. The van der Waals surface area contributed by atoms with E-state index in [-0.39, 0.29) is 5.69 Å². The highest BCUT2D eigenvalue weighted by atomic mass is 32.2. The predicted octanol–water partition coefficient (Wildman–Crippen LogP) is 5.01. The van der Waals surface area contributed by atoms with Gasteiger partial charge in [0.25, 0.3) is 10.0 Å². The van der Waals surface area contributed by atoms with E-state index < -0.39 is 49.4 Å². The molecular weight excluding hydrogens is 472 g/mol. The van der Waals surface area contributed by atoms with Gasteiger partial charge in [-0.3, -0.25) is 14.0 Å². The molecule has 2 heterocycles. The Balaban J connectivity index is 1.90. The molecule has 0 bridgehead atoms. The summed E-state index contributed by atoms with van der Waals surface area (Å²) in [4.78, 5) is 2.96. The van der Waals surface area contributed by atoms with E-state index in [1.54, 1.807) is 25.3 Å². The molecule has 0 aliphatic rings. The number of aryl methyl sites for hydroxylation is 1. The van der Waals surface area contributed by atoms with Gasteiger partial charge >= 0.3 is 0 Å². The molecule has 0 spiro atoms. The van der Waals surface area contributed by atoms with Gasteiger partial charge in [-0.2, -0.15) is 5.10 Å². The van der Waals surface area contributed by atoms with Crippen LogP contribution in [0.3, 0.4) is 0 Å². The molecule has 0 unspecified atom stereocenters. The zero-order valence-electron chi connectivity index (χ0n) is 18.0. The number of rotatable bonds is 6. The van der Waals surface area contributed by atoms with E-state index in [2.05, 4.69) is 10.1 Å². The summed E-state index contributed by atoms with van der Waals surface area (Å²) in [6.07, 6.45) is 4.64. The third-order valence-electron chi connectivity index (χ3n) is 5.26. The molecule has 0 amide bonds. The van der Waals surface area contributed by atoms with Crippen LogP contribution in [0.1, 0.15) is 6.92 Å². The number of anilines is 1. The number of pyridine rings is 1. The molecule has 0 fully saturated rings. The molecule has 0 aliphatic carbocycles. The summed E-state index contributed by atoms with van der Waals surface area (Å²) in [5, 5.41) is 4.28. The molecule has 0 radical (unpaired) electrons. The highest BCUT2D eigenvalue weighted by molar-refractivity contribution is 7.92. The van der Waals surface area contributed by atoms with Crippen molar-refractivity contribution in [2.45, 2.75) is 18.4 Å². The smallest absolute Gasteiger partial charge is 0.267 e. The number of sulfonamides is 1. The van der Waals surface area contributed by atoms with Crippen molar-refractivity contribution in [3.05, 3.63) is 84.3 Å². The summed E-state index contributed by atoms with van der Waals surface area (Å²) >= 11 is 0. The molecule has 4 rings (SSSR count). The van der Waals surface area contributed by atoms with Crippen LogP contribution in [0.5, 0.6) is 0 Å². The molecule has 0 saturated carbocycles. The van der Waals surface area contributed by atoms with E-state index in [0.29, 0.717) is 34.1 Å². The van der Waals surface area contributed by atoms with Crippen molar-refractivity contribution < 1.29 is 26.0 Å². The molecule has 2 aromatic carbocycles. The van der Waals surface area contributed by atoms with Crippen LogP contribution in [-0.2, 0) is 16.6 Å². The molecule has 6 nitrogen and oxygen atoms in total. The Morgan fingerprint density at radius 3 is 2.32 bits per heavy atom. The zero-order chi connectivity index (χ0) is 24.6. The van der Waals surface area contributed by atoms with Crippen LogP contribution >= 0.6 is 0 Å². The second-order valence-electron chi connectivity index (χ2n) is 7.29. The van der Waals surface area contributed by atoms with E-state index in [1.165, 1.54) is 17.1 Å². The SMILES string of the molecule is CCn1cc(-c2ccncc2)c(-c2c(F)ccc(N(C)S(=O)(=O)c3cc(F)ccc3F)c2F)n1. The van der Waals surface area contributed by atoms with Crippen molar-refractivity contribution >= 4 is 15.7 Å². The summed E-state index contributed by atoms with van der Waals surface area (Å²) in [5.74, 6) is -4.39. The van der Waals surface area contributed by atoms with Gasteiger partial charge in [-0.05, 0) is 55.0 Å².